The standard InChI is InChI=1S/C27H32N8/c1-3-35-20-24(26(32-35)22-5-4-12-28-19-22)25-10-13-29-27(31-25)30-23-8-6-21(7-9-23)11-14-34-17-15-33(2)16-18-34/h4-10,12-13,19-20H,3,11,14-18H2,1-2H3,(H,29,30,31). The second kappa shape index (κ2) is 10.8. The second-order valence-electron chi connectivity index (χ2n) is 8.97. The molecule has 35 heavy (non-hydrogen) atoms. The molecule has 1 aliphatic heterocycles. The summed E-state index contributed by atoms with van der Waals surface area (Å²) in [5, 5.41) is 8.10. The maximum Gasteiger partial charge on any atom is 0.227 e. The van der Waals surface area contributed by atoms with Gasteiger partial charge in [-0.2, -0.15) is 5.10 Å². The minimum absolute atomic E-state index is 0.564. The first kappa shape index (κ1) is 23.1. The molecule has 1 aliphatic rings. The Bertz CT molecular complexity index is 1230. The van der Waals surface area contributed by atoms with Crippen LogP contribution in [-0.4, -0.2) is 74.3 Å². The number of nitrogens with one attached hydrogen (secondary N) is 1. The van der Waals surface area contributed by atoms with Gasteiger partial charge in [-0.1, -0.05) is 12.1 Å². The Morgan fingerprint density at radius 2 is 1.80 bits per heavy atom. The summed E-state index contributed by atoms with van der Waals surface area (Å²) in [6.07, 6.45) is 8.48. The molecule has 0 amide bonds. The van der Waals surface area contributed by atoms with E-state index in [0.29, 0.717) is 5.95 Å². The Balaban J connectivity index is 1.28. The molecule has 5 rings (SSSR count). The van der Waals surface area contributed by atoms with Crippen LogP contribution < -0.4 is 5.32 Å². The molecule has 4 heterocycles. The fraction of sp³-hybridized carbons (Fsp3) is 0.333. The van der Waals surface area contributed by atoms with Crippen LogP contribution in [0.25, 0.3) is 22.5 Å². The number of rotatable bonds is 8. The zero-order chi connectivity index (χ0) is 24.0. The first-order valence-corrected chi connectivity index (χ1v) is 12.3. The highest BCUT2D eigenvalue weighted by Gasteiger charge is 2.15. The van der Waals surface area contributed by atoms with Crippen molar-refractivity contribution in [3.63, 3.8) is 0 Å². The number of piperazine rings is 1. The number of anilines is 2. The van der Waals surface area contributed by atoms with E-state index in [1.54, 1.807) is 12.4 Å². The summed E-state index contributed by atoms with van der Waals surface area (Å²) in [7, 11) is 2.19. The molecule has 1 fully saturated rings. The number of benzene rings is 1. The summed E-state index contributed by atoms with van der Waals surface area (Å²) >= 11 is 0. The minimum atomic E-state index is 0.564. The Labute approximate surface area is 206 Å². The molecule has 0 radical (unpaired) electrons. The number of nitrogens with zero attached hydrogens (tertiary/aromatic N) is 7. The van der Waals surface area contributed by atoms with Crippen molar-refractivity contribution in [2.75, 3.05) is 45.1 Å². The number of hydrogen-bond acceptors (Lipinski definition) is 7. The summed E-state index contributed by atoms with van der Waals surface area (Å²) in [4.78, 5) is 18.4. The van der Waals surface area contributed by atoms with Gasteiger partial charge in [-0.25, -0.2) is 9.97 Å². The lowest BCUT2D eigenvalue weighted by Crippen LogP contribution is -2.45. The maximum absolute atomic E-state index is 4.79. The molecule has 8 heteroatoms. The van der Waals surface area contributed by atoms with Crippen molar-refractivity contribution in [1.29, 1.82) is 0 Å². The Kier molecular flexibility index (Phi) is 7.11. The highest BCUT2D eigenvalue weighted by molar-refractivity contribution is 5.78. The third-order valence-electron chi connectivity index (χ3n) is 6.47. The predicted molar refractivity (Wildman–Crippen MR) is 140 cm³/mol. The minimum Gasteiger partial charge on any atom is -0.324 e. The van der Waals surface area contributed by atoms with Crippen molar-refractivity contribution in [2.24, 2.45) is 0 Å². The zero-order valence-electron chi connectivity index (χ0n) is 20.4. The molecule has 4 aromatic rings. The SMILES string of the molecule is CCn1cc(-c2ccnc(Nc3ccc(CCN4CCN(C)CC4)cc3)n2)c(-c2cccnc2)n1. The first-order chi connectivity index (χ1) is 17.2. The zero-order valence-corrected chi connectivity index (χ0v) is 20.4. The van der Waals surface area contributed by atoms with Crippen molar-refractivity contribution in [3.05, 3.63) is 72.8 Å². The van der Waals surface area contributed by atoms with Gasteiger partial charge in [-0.3, -0.25) is 9.67 Å². The Morgan fingerprint density at radius 1 is 0.971 bits per heavy atom. The lowest BCUT2D eigenvalue weighted by Gasteiger charge is -2.32. The van der Waals surface area contributed by atoms with Crippen LogP contribution in [-0.2, 0) is 13.0 Å². The van der Waals surface area contributed by atoms with Gasteiger partial charge < -0.3 is 15.1 Å². The molecule has 0 atom stereocenters. The van der Waals surface area contributed by atoms with E-state index in [9.17, 15) is 0 Å². The smallest absolute Gasteiger partial charge is 0.227 e. The predicted octanol–water partition coefficient (Wildman–Crippen LogP) is 3.96. The molecule has 3 aromatic heterocycles. The molecule has 1 N–H and O–H groups in total. The second-order valence-corrected chi connectivity index (χ2v) is 8.97. The van der Waals surface area contributed by atoms with Crippen molar-refractivity contribution in [1.82, 2.24) is 34.5 Å². The number of likely N-dealkylation sites (N-methyl/N-ethyl adjacent to an activating group) is 1. The van der Waals surface area contributed by atoms with Crippen molar-refractivity contribution in [2.45, 2.75) is 19.9 Å². The van der Waals surface area contributed by atoms with Crippen LogP contribution in [0.15, 0.2) is 67.3 Å². The quantitative estimate of drug-likeness (QED) is 0.420. The van der Waals surface area contributed by atoms with Gasteiger partial charge in [0.25, 0.3) is 0 Å². The lowest BCUT2D eigenvalue weighted by atomic mass is 10.1. The van der Waals surface area contributed by atoms with E-state index in [1.165, 1.54) is 5.56 Å². The molecule has 1 aromatic carbocycles. The van der Waals surface area contributed by atoms with E-state index in [1.807, 2.05) is 35.3 Å². The topological polar surface area (TPSA) is 75.0 Å². The van der Waals surface area contributed by atoms with Gasteiger partial charge in [-0.05, 0) is 56.3 Å². The average molecular weight is 469 g/mol. The van der Waals surface area contributed by atoms with E-state index in [2.05, 4.69) is 63.3 Å². The fourth-order valence-corrected chi connectivity index (χ4v) is 4.30. The fourth-order valence-electron chi connectivity index (χ4n) is 4.30. The molecular weight excluding hydrogens is 436 g/mol. The Hall–Kier alpha value is -3.62. The molecule has 0 aliphatic carbocycles. The number of hydrogen-bond donors (Lipinski definition) is 1. The van der Waals surface area contributed by atoms with Crippen molar-refractivity contribution in [3.8, 4) is 22.5 Å². The van der Waals surface area contributed by atoms with Crippen LogP contribution in [0.4, 0.5) is 11.6 Å². The molecule has 0 saturated carbocycles. The van der Waals surface area contributed by atoms with Crippen molar-refractivity contribution < 1.29 is 0 Å². The van der Waals surface area contributed by atoms with Crippen LogP contribution in [0.1, 0.15) is 12.5 Å². The lowest BCUT2D eigenvalue weighted by molar-refractivity contribution is 0.155. The molecule has 0 bridgehead atoms. The third-order valence-corrected chi connectivity index (χ3v) is 6.47. The molecule has 0 spiro atoms. The van der Waals surface area contributed by atoms with Gasteiger partial charge in [0.2, 0.25) is 5.95 Å². The summed E-state index contributed by atoms with van der Waals surface area (Å²) < 4.78 is 1.92. The van der Waals surface area contributed by atoms with Gasteiger partial charge in [0.15, 0.2) is 0 Å². The van der Waals surface area contributed by atoms with Gasteiger partial charge in [0.05, 0.1) is 5.69 Å². The van der Waals surface area contributed by atoms with Gasteiger partial charge in [0, 0.05) is 80.9 Å². The summed E-state index contributed by atoms with van der Waals surface area (Å²) in [6, 6.07) is 14.4. The highest BCUT2D eigenvalue weighted by Crippen LogP contribution is 2.30. The molecule has 0 unspecified atom stereocenters. The third kappa shape index (κ3) is 5.72. The molecule has 1 saturated heterocycles. The largest absolute Gasteiger partial charge is 0.324 e. The summed E-state index contributed by atoms with van der Waals surface area (Å²) in [5.74, 6) is 0.564. The number of aryl methyl sites for hydroxylation is 1. The van der Waals surface area contributed by atoms with E-state index < -0.39 is 0 Å². The number of aromatic nitrogens is 5. The van der Waals surface area contributed by atoms with Crippen LogP contribution in [0.2, 0.25) is 0 Å². The van der Waals surface area contributed by atoms with Crippen LogP contribution in [0.5, 0.6) is 0 Å². The van der Waals surface area contributed by atoms with E-state index in [0.717, 1.165) is 73.9 Å². The van der Waals surface area contributed by atoms with E-state index in [4.69, 9.17) is 10.1 Å². The van der Waals surface area contributed by atoms with Gasteiger partial charge in [-0.15, -0.1) is 0 Å². The average Bonchev–Trinajstić information content (AvgIpc) is 3.35. The van der Waals surface area contributed by atoms with E-state index in [-0.39, 0.29) is 0 Å². The van der Waals surface area contributed by atoms with E-state index >= 15 is 0 Å². The monoisotopic (exact) mass is 468 g/mol. The Morgan fingerprint density at radius 3 is 2.54 bits per heavy atom. The van der Waals surface area contributed by atoms with Crippen molar-refractivity contribution >= 4 is 11.6 Å². The van der Waals surface area contributed by atoms with Gasteiger partial charge >= 0.3 is 0 Å². The van der Waals surface area contributed by atoms with Gasteiger partial charge in [0.1, 0.15) is 5.69 Å². The molecule has 8 nitrogen and oxygen atoms in total. The maximum atomic E-state index is 4.79. The number of pyridine rings is 1. The molecular formula is C27H32N8. The normalized spacial score (nSPS) is 14.8. The summed E-state index contributed by atoms with van der Waals surface area (Å²) in [5.41, 5.74) is 5.94. The highest BCUT2D eigenvalue weighted by atomic mass is 15.3. The van der Waals surface area contributed by atoms with Crippen LogP contribution >= 0.6 is 0 Å². The van der Waals surface area contributed by atoms with Crippen LogP contribution in [0, 0.1) is 0 Å². The summed E-state index contributed by atoms with van der Waals surface area (Å²) in [6.45, 7) is 8.59. The van der Waals surface area contributed by atoms with Crippen LogP contribution in [0.3, 0.4) is 0 Å². The first-order valence-electron chi connectivity index (χ1n) is 12.3. The molecule has 180 valence electrons.